The molecule has 2 aromatic rings. The molecule has 0 aliphatic rings. The maximum atomic E-state index is 13.1. The normalized spacial score (nSPS) is 10.1. The molecule has 0 saturated carbocycles. The summed E-state index contributed by atoms with van der Waals surface area (Å²) in [5, 5.41) is 9.64. The van der Waals surface area contributed by atoms with Crippen LogP contribution in [0.15, 0.2) is 55.1 Å². The highest BCUT2D eigenvalue weighted by Gasteiger charge is 2.08. The van der Waals surface area contributed by atoms with Gasteiger partial charge in [0, 0.05) is 5.56 Å². The van der Waals surface area contributed by atoms with Crippen molar-refractivity contribution in [3.8, 4) is 5.75 Å². The number of rotatable bonds is 2. The molecule has 2 aromatic carbocycles. The van der Waals surface area contributed by atoms with Crippen molar-refractivity contribution in [1.82, 2.24) is 0 Å². The minimum atomic E-state index is -0.384. The average Bonchev–Trinajstić information content (AvgIpc) is 2.32. The maximum Gasteiger partial charge on any atom is 0.124 e. The predicted octanol–water partition coefficient (Wildman–Crippen LogP) is 3.59. The lowest BCUT2D eigenvalue weighted by Crippen LogP contribution is -1.88. The topological polar surface area (TPSA) is 20.2 Å². The van der Waals surface area contributed by atoms with Crippen molar-refractivity contribution < 1.29 is 9.50 Å². The molecule has 0 heterocycles. The van der Waals surface area contributed by atoms with Crippen LogP contribution in [0.4, 0.5) is 4.39 Å². The predicted molar refractivity (Wildman–Crippen MR) is 62.6 cm³/mol. The molecule has 0 radical (unpaired) electrons. The monoisotopic (exact) mass is 214 g/mol. The lowest BCUT2D eigenvalue weighted by molar-refractivity contribution is 0.471. The van der Waals surface area contributed by atoms with E-state index in [0.717, 1.165) is 5.56 Å². The van der Waals surface area contributed by atoms with Crippen LogP contribution >= 0.6 is 0 Å². The quantitative estimate of drug-likeness (QED) is 0.809. The second-order valence-corrected chi connectivity index (χ2v) is 3.51. The molecule has 0 aliphatic carbocycles. The SMILES string of the molecule is C=C(c1ccccc1)c1cc(F)ccc1O. The Bertz CT molecular complexity index is 518. The van der Waals surface area contributed by atoms with E-state index in [0.29, 0.717) is 11.1 Å². The maximum absolute atomic E-state index is 13.1. The molecule has 0 amide bonds. The molecule has 80 valence electrons. The van der Waals surface area contributed by atoms with Gasteiger partial charge in [-0.2, -0.15) is 0 Å². The summed E-state index contributed by atoms with van der Waals surface area (Å²) in [5.74, 6) is -0.347. The van der Waals surface area contributed by atoms with Crippen LogP contribution in [0, 0.1) is 5.82 Å². The van der Waals surface area contributed by atoms with E-state index in [-0.39, 0.29) is 11.6 Å². The van der Waals surface area contributed by atoms with Gasteiger partial charge in [0.1, 0.15) is 11.6 Å². The fraction of sp³-hybridized carbons (Fsp3) is 0. The molecule has 0 atom stereocenters. The van der Waals surface area contributed by atoms with Gasteiger partial charge in [-0.05, 0) is 29.3 Å². The van der Waals surface area contributed by atoms with Gasteiger partial charge in [-0.1, -0.05) is 36.9 Å². The van der Waals surface area contributed by atoms with E-state index < -0.39 is 0 Å². The van der Waals surface area contributed by atoms with Gasteiger partial charge < -0.3 is 5.11 Å². The van der Waals surface area contributed by atoms with Crippen molar-refractivity contribution in [3.05, 3.63) is 72.1 Å². The molecule has 2 rings (SSSR count). The molecule has 0 aliphatic heterocycles. The van der Waals surface area contributed by atoms with Gasteiger partial charge in [-0.25, -0.2) is 4.39 Å². The second kappa shape index (κ2) is 4.19. The van der Waals surface area contributed by atoms with Gasteiger partial charge in [0.2, 0.25) is 0 Å². The zero-order chi connectivity index (χ0) is 11.5. The number of benzene rings is 2. The van der Waals surface area contributed by atoms with E-state index in [1.54, 1.807) is 0 Å². The van der Waals surface area contributed by atoms with E-state index in [9.17, 15) is 9.50 Å². The molecule has 0 bridgehead atoms. The van der Waals surface area contributed by atoms with Gasteiger partial charge in [-0.15, -0.1) is 0 Å². The fourth-order valence-corrected chi connectivity index (χ4v) is 1.54. The van der Waals surface area contributed by atoms with Crippen LogP contribution in [0.5, 0.6) is 5.75 Å². The summed E-state index contributed by atoms with van der Waals surface area (Å²) < 4.78 is 13.1. The van der Waals surface area contributed by atoms with E-state index in [1.165, 1.54) is 18.2 Å². The van der Waals surface area contributed by atoms with Gasteiger partial charge in [0.05, 0.1) is 0 Å². The minimum Gasteiger partial charge on any atom is -0.507 e. The lowest BCUT2D eigenvalue weighted by Gasteiger charge is -2.08. The molecule has 2 heteroatoms. The summed E-state index contributed by atoms with van der Waals surface area (Å²) in [6.07, 6.45) is 0. The van der Waals surface area contributed by atoms with E-state index >= 15 is 0 Å². The largest absolute Gasteiger partial charge is 0.507 e. The van der Waals surface area contributed by atoms with E-state index in [4.69, 9.17) is 0 Å². The Morgan fingerprint density at radius 1 is 1.06 bits per heavy atom. The summed E-state index contributed by atoms with van der Waals surface area (Å²) in [7, 11) is 0. The van der Waals surface area contributed by atoms with Crippen LogP contribution in [0.3, 0.4) is 0 Å². The zero-order valence-corrected chi connectivity index (χ0v) is 8.65. The smallest absolute Gasteiger partial charge is 0.124 e. The molecule has 1 nitrogen and oxygen atoms in total. The summed E-state index contributed by atoms with van der Waals surface area (Å²) in [4.78, 5) is 0. The summed E-state index contributed by atoms with van der Waals surface area (Å²) in [6.45, 7) is 3.87. The highest BCUT2D eigenvalue weighted by Crippen LogP contribution is 2.29. The molecule has 0 saturated heterocycles. The van der Waals surface area contributed by atoms with Crippen LogP contribution in [-0.4, -0.2) is 5.11 Å². The average molecular weight is 214 g/mol. The lowest BCUT2D eigenvalue weighted by atomic mass is 9.99. The number of hydrogen-bond donors (Lipinski definition) is 1. The van der Waals surface area contributed by atoms with Crippen molar-refractivity contribution in [2.75, 3.05) is 0 Å². The molecule has 1 N–H and O–H groups in total. The Balaban J connectivity index is 2.46. The van der Waals surface area contributed by atoms with Crippen LogP contribution in [0.25, 0.3) is 5.57 Å². The Kier molecular flexibility index (Phi) is 2.73. The van der Waals surface area contributed by atoms with E-state index in [1.807, 2.05) is 30.3 Å². The molecule has 16 heavy (non-hydrogen) atoms. The van der Waals surface area contributed by atoms with Crippen LogP contribution in [0.2, 0.25) is 0 Å². The standard InChI is InChI=1S/C14H11FO/c1-10(11-5-3-2-4-6-11)13-9-12(15)7-8-14(13)16/h2-9,16H,1H2. The third-order valence-electron chi connectivity index (χ3n) is 2.41. The summed E-state index contributed by atoms with van der Waals surface area (Å²) in [5.41, 5.74) is 1.90. The Morgan fingerprint density at radius 3 is 2.44 bits per heavy atom. The van der Waals surface area contributed by atoms with Gasteiger partial charge in [0.25, 0.3) is 0 Å². The first-order valence-electron chi connectivity index (χ1n) is 4.91. The third-order valence-corrected chi connectivity index (χ3v) is 2.41. The minimum absolute atomic E-state index is 0.0373. The van der Waals surface area contributed by atoms with Crippen LogP contribution < -0.4 is 0 Å². The number of aromatic hydroxyl groups is 1. The third kappa shape index (κ3) is 1.96. The highest BCUT2D eigenvalue weighted by molar-refractivity contribution is 5.80. The van der Waals surface area contributed by atoms with Crippen LogP contribution in [0.1, 0.15) is 11.1 Å². The second-order valence-electron chi connectivity index (χ2n) is 3.51. The van der Waals surface area contributed by atoms with Crippen LogP contribution in [-0.2, 0) is 0 Å². The van der Waals surface area contributed by atoms with Crippen molar-refractivity contribution in [1.29, 1.82) is 0 Å². The van der Waals surface area contributed by atoms with Crippen molar-refractivity contribution >= 4 is 5.57 Å². The molecular formula is C14H11FO. The zero-order valence-electron chi connectivity index (χ0n) is 8.65. The van der Waals surface area contributed by atoms with Gasteiger partial charge >= 0.3 is 0 Å². The van der Waals surface area contributed by atoms with Crippen molar-refractivity contribution in [2.24, 2.45) is 0 Å². The van der Waals surface area contributed by atoms with Gasteiger partial charge in [-0.3, -0.25) is 0 Å². The number of phenolic OH excluding ortho intramolecular Hbond substituents is 1. The first-order valence-corrected chi connectivity index (χ1v) is 4.91. The number of phenols is 1. The highest BCUT2D eigenvalue weighted by atomic mass is 19.1. The molecule has 0 fully saturated rings. The summed E-state index contributed by atoms with van der Waals surface area (Å²) in [6, 6.07) is 13.2. The fourth-order valence-electron chi connectivity index (χ4n) is 1.54. The molecular weight excluding hydrogens is 203 g/mol. The van der Waals surface area contributed by atoms with Gasteiger partial charge in [0.15, 0.2) is 0 Å². The number of halogens is 1. The molecule has 0 unspecified atom stereocenters. The molecule has 0 spiro atoms. The first-order chi connectivity index (χ1) is 7.68. The van der Waals surface area contributed by atoms with E-state index in [2.05, 4.69) is 6.58 Å². The number of hydrogen-bond acceptors (Lipinski definition) is 1. The van der Waals surface area contributed by atoms with Crippen molar-refractivity contribution in [2.45, 2.75) is 0 Å². The first kappa shape index (κ1) is 10.4. The Hall–Kier alpha value is -2.09. The summed E-state index contributed by atoms with van der Waals surface area (Å²) >= 11 is 0. The Morgan fingerprint density at radius 2 is 1.75 bits per heavy atom. The molecule has 0 aromatic heterocycles. The van der Waals surface area contributed by atoms with Crippen molar-refractivity contribution in [3.63, 3.8) is 0 Å². The Labute approximate surface area is 93.5 Å².